The normalized spacial score (nSPS) is 22.1. The molecule has 1 aromatic rings. The fourth-order valence-corrected chi connectivity index (χ4v) is 3.40. The van der Waals surface area contributed by atoms with Gasteiger partial charge in [-0.1, -0.05) is 30.3 Å². The molecule has 130 valence electrons. The molecular weight excluding hydrogens is 306 g/mol. The lowest BCUT2D eigenvalue weighted by Crippen LogP contribution is -2.58. The van der Waals surface area contributed by atoms with Gasteiger partial charge in [0.05, 0.1) is 12.1 Å². The summed E-state index contributed by atoms with van der Waals surface area (Å²) >= 11 is 0. The van der Waals surface area contributed by atoms with E-state index in [-0.39, 0.29) is 24.5 Å². The highest BCUT2D eigenvalue weighted by molar-refractivity contribution is 5.79. The van der Waals surface area contributed by atoms with Crippen molar-refractivity contribution >= 4 is 11.9 Å². The number of urea groups is 1. The predicted molar refractivity (Wildman–Crippen MR) is 90.2 cm³/mol. The molecule has 1 heterocycles. The minimum atomic E-state index is -0.436. The van der Waals surface area contributed by atoms with Crippen molar-refractivity contribution in [3.8, 4) is 0 Å². The predicted octanol–water partition coefficient (Wildman–Crippen LogP) is 1.25. The molecule has 1 saturated heterocycles. The molecule has 24 heavy (non-hydrogen) atoms. The topological polar surface area (TPSA) is 81.7 Å². The van der Waals surface area contributed by atoms with Crippen molar-refractivity contribution in [3.05, 3.63) is 35.9 Å². The van der Waals surface area contributed by atoms with E-state index in [0.29, 0.717) is 26.1 Å². The van der Waals surface area contributed by atoms with Crippen LogP contribution in [0.1, 0.15) is 31.2 Å². The second-order valence-electron chi connectivity index (χ2n) is 6.96. The van der Waals surface area contributed by atoms with Gasteiger partial charge in [-0.3, -0.25) is 4.79 Å². The molecule has 6 heteroatoms. The van der Waals surface area contributed by atoms with Crippen LogP contribution in [0.15, 0.2) is 30.3 Å². The number of likely N-dealkylation sites (tertiary alicyclic amines) is 1. The molecule has 1 atom stereocenters. The van der Waals surface area contributed by atoms with Crippen LogP contribution >= 0.6 is 0 Å². The van der Waals surface area contributed by atoms with Gasteiger partial charge >= 0.3 is 6.03 Å². The monoisotopic (exact) mass is 331 g/mol. The lowest BCUT2D eigenvalue weighted by Gasteiger charge is -2.40. The summed E-state index contributed by atoms with van der Waals surface area (Å²) < 4.78 is 0. The van der Waals surface area contributed by atoms with Crippen LogP contribution in [0.25, 0.3) is 0 Å². The smallest absolute Gasteiger partial charge is 0.315 e. The molecule has 0 unspecified atom stereocenters. The number of benzene rings is 1. The van der Waals surface area contributed by atoms with Crippen LogP contribution in [0, 0.1) is 5.92 Å². The number of carbonyl (C=O) groups excluding carboxylic acids is 2. The van der Waals surface area contributed by atoms with E-state index in [0.717, 1.165) is 24.8 Å². The minimum absolute atomic E-state index is 0.0206. The highest BCUT2D eigenvalue weighted by Crippen LogP contribution is 2.31. The van der Waals surface area contributed by atoms with Crippen LogP contribution in [0.4, 0.5) is 4.79 Å². The van der Waals surface area contributed by atoms with E-state index in [1.807, 2.05) is 35.2 Å². The van der Waals surface area contributed by atoms with Crippen molar-refractivity contribution in [2.45, 2.75) is 37.8 Å². The van der Waals surface area contributed by atoms with Crippen LogP contribution in [-0.4, -0.2) is 47.2 Å². The van der Waals surface area contributed by atoms with Gasteiger partial charge in [0.15, 0.2) is 0 Å². The summed E-state index contributed by atoms with van der Waals surface area (Å²) in [5, 5.41) is 15.1. The van der Waals surface area contributed by atoms with Crippen molar-refractivity contribution in [2.24, 2.45) is 5.92 Å². The molecule has 3 N–H and O–H groups in total. The van der Waals surface area contributed by atoms with Crippen LogP contribution in [-0.2, 0) is 11.3 Å². The second kappa shape index (κ2) is 7.21. The molecule has 0 aromatic heterocycles. The van der Waals surface area contributed by atoms with Gasteiger partial charge in [-0.15, -0.1) is 0 Å². The quantitative estimate of drug-likeness (QED) is 0.734. The van der Waals surface area contributed by atoms with Gasteiger partial charge in [-0.25, -0.2) is 4.79 Å². The summed E-state index contributed by atoms with van der Waals surface area (Å²) in [5.74, 6) is 0.273. The van der Waals surface area contributed by atoms with E-state index in [4.69, 9.17) is 0 Å². The van der Waals surface area contributed by atoms with Gasteiger partial charge in [-0.05, 0) is 24.8 Å². The Labute approximate surface area is 142 Å². The first-order valence-corrected chi connectivity index (χ1v) is 8.59. The Hall–Kier alpha value is -2.08. The molecule has 6 nitrogen and oxygen atoms in total. The average molecular weight is 331 g/mol. The molecule has 0 radical (unpaired) electrons. The molecule has 3 amide bonds. The first-order chi connectivity index (χ1) is 11.6. The lowest BCUT2D eigenvalue weighted by molar-refractivity contribution is -0.128. The number of rotatable bonds is 6. The Kier molecular flexibility index (Phi) is 5.04. The zero-order valence-electron chi connectivity index (χ0n) is 13.8. The van der Waals surface area contributed by atoms with Crippen LogP contribution in [0.5, 0.6) is 0 Å². The summed E-state index contributed by atoms with van der Waals surface area (Å²) in [4.78, 5) is 26.0. The van der Waals surface area contributed by atoms with Crippen molar-refractivity contribution in [1.82, 2.24) is 15.5 Å². The third kappa shape index (κ3) is 3.87. The fourth-order valence-electron chi connectivity index (χ4n) is 3.40. The van der Waals surface area contributed by atoms with Crippen molar-refractivity contribution in [2.75, 3.05) is 19.7 Å². The van der Waals surface area contributed by atoms with Crippen LogP contribution in [0.2, 0.25) is 0 Å². The van der Waals surface area contributed by atoms with E-state index in [1.165, 1.54) is 0 Å². The van der Waals surface area contributed by atoms with Crippen molar-refractivity contribution < 1.29 is 14.7 Å². The van der Waals surface area contributed by atoms with E-state index >= 15 is 0 Å². The largest absolute Gasteiger partial charge is 0.394 e. The number of aliphatic hydroxyl groups is 1. The van der Waals surface area contributed by atoms with Crippen LogP contribution in [0.3, 0.4) is 0 Å². The standard InChI is InChI=1S/C18H25N3O3/c22-13-18(7-4-8-18)20-17(24)19-10-15-9-16(23)21(12-15)11-14-5-2-1-3-6-14/h1-3,5-6,15,22H,4,7-13H2,(H2,19,20,24)/t15-/m1/s1. The zero-order chi connectivity index (χ0) is 17.0. The molecule has 1 aliphatic heterocycles. The molecule has 0 bridgehead atoms. The van der Waals surface area contributed by atoms with Crippen molar-refractivity contribution in [3.63, 3.8) is 0 Å². The number of nitrogens with zero attached hydrogens (tertiary/aromatic N) is 1. The number of hydrogen-bond donors (Lipinski definition) is 3. The zero-order valence-corrected chi connectivity index (χ0v) is 13.8. The lowest BCUT2D eigenvalue weighted by atomic mass is 9.77. The number of nitrogens with one attached hydrogen (secondary N) is 2. The average Bonchev–Trinajstić information content (AvgIpc) is 2.90. The van der Waals surface area contributed by atoms with Crippen molar-refractivity contribution in [1.29, 1.82) is 0 Å². The third-order valence-corrected chi connectivity index (χ3v) is 5.05. The van der Waals surface area contributed by atoms with Gasteiger partial charge in [0.2, 0.25) is 5.91 Å². The van der Waals surface area contributed by atoms with Gasteiger partial charge < -0.3 is 20.6 Å². The molecule has 3 rings (SSSR count). The summed E-state index contributed by atoms with van der Waals surface area (Å²) in [6.45, 7) is 1.74. The molecule has 1 aliphatic carbocycles. The van der Waals surface area contributed by atoms with Gasteiger partial charge in [-0.2, -0.15) is 0 Å². The summed E-state index contributed by atoms with van der Waals surface area (Å²) in [6, 6.07) is 9.67. The summed E-state index contributed by atoms with van der Waals surface area (Å²) in [7, 11) is 0. The van der Waals surface area contributed by atoms with E-state index in [2.05, 4.69) is 10.6 Å². The molecule has 0 spiro atoms. The number of hydrogen-bond acceptors (Lipinski definition) is 3. The fraction of sp³-hybridized carbons (Fsp3) is 0.556. The highest BCUT2D eigenvalue weighted by atomic mass is 16.3. The van der Waals surface area contributed by atoms with E-state index in [9.17, 15) is 14.7 Å². The number of aliphatic hydroxyl groups excluding tert-OH is 1. The Morgan fingerprint density at radius 3 is 2.67 bits per heavy atom. The number of amides is 3. The second-order valence-corrected chi connectivity index (χ2v) is 6.96. The molecule has 1 aromatic carbocycles. The Balaban J connectivity index is 1.43. The Bertz CT molecular complexity index is 581. The highest BCUT2D eigenvalue weighted by Gasteiger charge is 2.38. The Morgan fingerprint density at radius 2 is 2.04 bits per heavy atom. The third-order valence-electron chi connectivity index (χ3n) is 5.05. The summed E-state index contributed by atoms with van der Waals surface area (Å²) in [5.41, 5.74) is 0.682. The van der Waals surface area contributed by atoms with Gasteiger partial charge in [0.1, 0.15) is 0 Å². The maximum absolute atomic E-state index is 12.1. The van der Waals surface area contributed by atoms with E-state index in [1.54, 1.807) is 0 Å². The Morgan fingerprint density at radius 1 is 1.29 bits per heavy atom. The molecule has 2 aliphatic rings. The van der Waals surface area contributed by atoms with E-state index < -0.39 is 5.54 Å². The van der Waals surface area contributed by atoms with Gasteiger partial charge in [0.25, 0.3) is 0 Å². The maximum atomic E-state index is 12.1. The molecule has 1 saturated carbocycles. The molecular formula is C18H25N3O3. The minimum Gasteiger partial charge on any atom is -0.394 e. The summed E-state index contributed by atoms with van der Waals surface area (Å²) in [6.07, 6.45) is 3.15. The SMILES string of the molecule is O=C(NC[C@H]1CC(=O)N(Cc2ccccc2)C1)NC1(CO)CCC1. The molecule has 2 fully saturated rings. The maximum Gasteiger partial charge on any atom is 0.315 e. The number of carbonyl (C=O) groups is 2. The van der Waals surface area contributed by atoms with Crippen LogP contribution < -0.4 is 10.6 Å². The first-order valence-electron chi connectivity index (χ1n) is 8.59. The van der Waals surface area contributed by atoms with Gasteiger partial charge in [0, 0.05) is 32.0 Å². The first kappa shape index (κ1) is 16.8.